The van der Waals surface area contributed by atoms with Crippen LogP contribution in [0.5, 0.6) is 5.75 Å². The average Bonchev–Trinajstić information content (AvgIpc) is 3.47. The van der Waals surface area contributed by atoms with Crippen LogP contribution in [0.1, 0.15) is 11.5 Å². The third-order valence-corrected chi connectivity index (χ3v) is 5.86. The Morgan fingerprint density at radius 1 is 1.24 bits per heavy atom. The number of thiophene rings is 1. The Balaban J connectivity index is 1.43. The molecular weight excluding hydrogens is 411 g/mol. The monoisotopic (exact) mass is 428 g/mol. The minimum absolute atomic E-state index is 0.106. The molecule has 29 heavy (non-hydrogen) atoms. The van der Waals surface area contributed by atoms with E-state index in [4.69, 9.17) is 9.26 Å². The zero-order chi connectivity index (χ0) is 20.1. The van der Waals surface area contributed by atoms with E-state index >= 15 is 0 Å². The molecule has 0 N–H and O–H groups in total. The summed E-state index contributed by atoms with van der Waals surface area (Å²) in [4.78, 5) is 1.04. The van der Waals surface area contributed by atoms with Crippen molar-refractivity contribution in [3.8, 4) is 16.4 Å². The lowest BCUT2D eigenvalue weighted by Gasteiger charge is -2.09. The van der Waals surface area contributed by atoms with Crippen LogP contribution in [0.25, 0.3) is 10.6 Å². The zero-order valence-electron chi connectivity index (χ0n) is 15.3. The van der Waals surface area contributed by atoms with Gasteiger partial charge in [0.15, 0.2) is 28.3 Å². The lowest BCUT2D eigenvalue weighted by atomic mass is 10.3. The zero-order valence-corrected chi connectivity index (χ0v) is 17.0. The fourth-order valence-corrected chi connectivity index (χ4v) is 4.12. The molecule has 6 nitrogen and oxygen atoms in total. The molecule has 1 aromatic carbocycles. The van der Waals surface area contributed by atoms with E-state index in [2.05, 4.69) is 21.9 Å². The number of para-hydroxylation sites is 1. The fourth-order valence-electron chi connectivity index (χ4n) is 2.60. The Morgan fingerprint density at radius 3 is 2.93 bits per heavy atom. The molecule has 9 heteroatoms. The van der Waals surface area contributed by atoms with Crippen LogP contribution in [-0.4, -0.2) is 19.9 Å². The summed E-state index contributed by atoms with van der Waals surface area (Å²) in [6.07, 6.45) is 1.75. The minimum atomic E-state index is -0.413. The van der Waals surface area contributed by atoms with E-state index in [0.717, 1.165) is 16.3 Å². The summed E-state index contributed by atoms with van der Waals surface area (Å²) in [7, 11) is 0. The largest absolute Gasteiger partial charge is 0.483 e. The Labute approximate surface area is 175 Å². The smallest absolute Gasteiger partial charge is 0.191 e. The van der Waals surface area contributed by atoms with Crippen LogP contribution in [0.3, 0.4) is 0 Å². The van der Waals surface area contributed by atoms with Gasteiger partial charge in [-0.05, 0) is 23.6 Å². The van der Waals surface area contributed by atoms with E-state index in [9.17, 15) is 4.39 Å². The molecule has 4 rings (SSSR count). The van der Waals surface area contributed by atoms with E-state index in [1.165, 1.54) is 17.8 Å². The highest BCUT2D eigenvalue weighted by Gasteiger charge is 2.15. The molecule has 0 fully saturated rings. The summed E-state index contributed by atoms with van der Waals surface area (Å²) in [5, 5.41) is 15.3. The number of halogens is 1. The quantitative estimate of drug-likeness (QED) is 0.270. The number of benzene rings is 1. The predicted octanol–water partition coefficient (Wildman–Crippen LogP) is 5.19. The normalized spacial score (nSPS) is 10.9. The first-order valence-electron chi connectivity index (χ1n) is 8.77. The molecule has 0 bridgehead atoms. The van der Waals surface area contributed by atoms with E-state index < -0.39 is 5.82 Å². The molecule has 0 radical (unpaired) electrons. The van der Waals surface area contributed by atoms with Gasteiger partial charge in [0.05, 0.1) is 10.6 Å². The molecule has 0 saturated heterocycles. The summed E-state index contributed by atoms with van der Waals surface area (Å²) >= 11 is 3.09. The summed E-state index contributed by atoms with van der Waals surface area (Å²) in [5.41, 5.74) is 0.815. The van der Waals surface area contributed by atoms with Crippen LogP contribution < -0.4 is 4.74 Å². The first kappa shape index (κ1) is 19.4. The third kappa shape index (κ3) is 4.57. The van der Waals surface area contributed by atoms with Crippen LogP contribution >= 0.6 is 23.1 Å². The third-order valence-electron chi connectivity index (χ3n) is 3.97. The summed E-state index contributed by atoms with van der Waals surface area (Å²) in [5.74, 6) is 1.69. The van der Waals surface area contributed by atoms with Gasteiger partial charge in [0, 0.05) is 18.4 Å². The van der Waals surface area contributed by atoms with Gasteiger partial charge in [-0.1, -0.05) is 41.2 Å². The first-order chi connectivity index (χ1) is 14.2. The highest BCUT2D eigenvalue weighted by molar-refractivity contribution is 7.98. The summed E-state index contributed by atoms with van der Waals surface area (Å²) < 4.78 is 26.6. The van der Waals surface area contributed by atoms with Crippen LogP contribution in [-0.2, 0) is 18.9 Å². The van der Waals surface area contributed by atoms with Crippen LogP contribution in [0.2, 0.25) is 0 Å². The maximum absolute atomic E-state index is 13.8. The molecule has 0 aliphatic heterocycles. The molecule has 0 unspecified atom stereocenters. The highest BCUT2D eigenvalue weighted by Crippen LogP contribution is 2.28. The lowest BCUT2D eigenvalue weighted by Crippen LogP contribution is -2.08. The van der Waals surface area contributed by atoms with E-state index in [0.29, 0.717) is 23.3 Å². The van der Waals surface area contributed by atoms with Crippen molar-refractivity contribution in [3.63, 3.8) is 0 Å². The molecule has 3 heterocycles. The number of allylic oxidation sites excluding steroid dienone is 1. The Bertz CT molecular complexity index is 1090. The van der Waals surface area contributed by atoms with Gasteiger partial charge in [-0.3, -0.25) is 4.57 Å². The molecule has 3 aromatic heterocycles. The van der Waals surface area contributed by atoms with Gasteiger partial charge in [0.2, 0.25) is 0 Å². The molecule has 0 spiro atoms. The van der Waals surface area contributed by atoms with Gasteiger partial charge < -0.3 is 9.26 Å². The van der Waals surface area contributed by atoms with Crippen molar-refractivity contribution in [3.05, 3.63) is 77.8 Å². The van der Waals surface area contributed by atoms with Crippen molar-refractivity contribution in [2.45, 2.75) is 24.1 Å². The Hall–Kier alpha value is -2.91. The van der Waals surface area contributed by atoms with Gasteiger partial charge in [-0.25, -0.2) is 4.39 Å². The molecule has 4 aromatic rings. The van der Waals surface area contributed by atoms with Crippen LogP contribution in [0.15, 0.2) is 70.2 Å². The average molecular weight is 429 g/mol. The molecule has 148 valence electrons. The van der Waals surface area contributed by atoms with Crippen molar-refractivity contribution in [2.75, 3.05) is 0 Å². The lowest BCUT2D eigenvalue weighted by molar-refractivity contribution is 0.275. The van der Waals surface area contributed by atoms with Crippen molar-refractivity contribution >= 4 is 23.1 Å². The van der Waals surface area contributed by atoms with Crippen LogP contribution in [0, 0.1) is 5.82 Å². The number of hydrogen-bond donors (Lipinski definition) is 0. The molecule has 0 atom stereocenters. The molecule has 0 aliphatic rings. The van der Waals surface area contributed by atoms with Crippen molar-refractivity contribution in [1.82, 2.24) is 19.9 Å². The van der Waals surface area contributed by atoms with Gasteiger partial charge >= 0.3 is 0 Å². The second-order valence-corrected chi connectivity index (χ2v) is 7.86. The maximum Gasteiger partial charge on any atom is 0.191 e. The number of nitrogens with zero attached hydrogens (tertiary/aromatic N) is 4. The van der Waals surface area contributed by atoms with Gasteiger partial charge in [0.25, 0.3) is 0 Å². The summed E-state index contributed by atoms with van der Waals surface area (Å²) in [6, 6.07) is 12.2. The predicted molar refractivity (Wildman–Crippen MR) is 110 cm³/mol. The van der Waals surface area contributed by atoms with Gasteiger partial charge in [-0.2, -0.15) is 0 Å². The number of hydrogen-bond acceptors (Lipinski definition) is 7. The fraction of sp³-hybridized carbons (Fsp3) is 0.150. The van der Waals surface area contributed by atoms with Crippen molar-refractivity contribution in [2.24, 2.45) is 0 Å². The molecule has 0 aliphatic carbocycles. The standard InChI is InChI=1S/C20H17FN4O2S2/c1-2-9-25-19(12-26-16-7-4-3-6-15(16)21)22-23-20(25)29-13-14-11-17(27-24-14)18-8-5-10-28-18/h2-8,10-11H,1,9,12-13H2. The molecular formula is C20H17FN4O2S2. The Morgan fingerprint density at radius 2 is 2.14 bits per heavy atom. The van der Waals surface area contributed by atoms with E-state index in [1.54, 1.807) is 35.6 Å². The topological polar surface area (TPSA) is 66.0 Å². The van der Waals surface area contributed by atoms with Crippen molar-refractivity contribution in [1.29, 1.82) is 0 Å². The summed E-state index contributed by atoms with van der Waals surface area (Å²) in [6.45, 7) is 4.41. The second-order valence-electron chi connectivity index (χ2n) is 5.97. The Kier molecular flexibility index (Phi) is 6.06. The van der Waals surface area contributed by atoms with E-state index in [1.807, 2.05) is 28.1 Å². The highest BCUT2D eigenvalue weighted by atomic mass is 32.2. The van der Waals surface area contributed by atoms with Gasteiger partial charge in [0.1, 0.15) is 6.61 Å². The minimum Gasteiger partial charge on any atom is -0.483 e. The SMILES string of the molecule is C=CCn1c(COc2ccccc2F)nnc1SCc1cc(-c2cccs2)on1. The second kappa shape index (κ2) is 9.06. The number of rotatable bonds is 9. The van der Waals surface area contributed by atoms with Gasteiger partial charge in [-0.15, -0.1) is 28.1 Å². The van der Waals surface area contributed by atoms with Crippen LogP contribution in [0.4, 0.5) is 4.39 Å². The number of aromatic nitrogens is 4. The first-order valence-corrected chi connectivity index (χ1v) is 10.6. The maximum atomic E-state index is 13.8. The molecule has 0 saturated carbocycles. The number of ether oxygens (including phenoxy) is 1. The van der Waals surface area contributed by atoms with E-state index in [-0.39, 0.29) is 12.4 Å². The molecule has 0 amide bonds. The number of thioether (sulfide) groups is 1. The van der Waals surface area contributed by atoms with Crippen molar-refractivity contribution < 1.29 is 13.7 Å².